The Labute approximate surface area is 101 Å². The normalized spacial score (nSPS) is 10.2. The predicted molar refractivity (Wildman–Crippen MR) is 59.3 cm³/mol. The second kappa shape index (κ2) is 4.87. The van der Waals surface area contributed by atoms with Crippen LogP contribution in [0.4, 0.5) is 8.78 Å². The molecule has 1 aromatic heterocycles. The van der Waals surface area contributed by atoms with E-state index in [9.17, 15) is 13.6 Å². The Bertz CT molecular complexity index is 603. The molecule has 0 unspecified atom stereocenters. The smallest absolute Gasteiger partial charge is 0.193 e. The molecule has 0 spiro atoms. The van der Waals surface area contributed by atoms with Crippen molar-refractivity contribution in [2.45, 2.75) is 0 Å². The van der Waals surface area contributed by atoms with Crippen LogP contribution < -0.4 is 4.74 Å². The average Bonchev–Trinajstić information content (AvgIpc) is 2.41. The summed E-state index contributed by atoms with van der Waals surface area (Å²) in [5.74, 6) is -1.69. The van der Waals surface area contributed by atoms with Gasteiger partial charge in [-0.3, -0.25) is 4.79 Å². The lowest BCUT2D eigenvalue weighted by Crippen LogP contribution is -1.97. The molecule has 1 aromatic carbocycles. The lowest BCUT2D eigenvalue weighted by molar-refractivity contribution is 0.111. The third-order valence-electron chi connectivity index (χ3n) is 2.30. The number of nitrogens with zero attached hydrogens (tertiary/aromatic N) is 2. The summed E-state index contributed by atoms with van der Waals surface area (Å²) in [6.45, 7) is 0. The molecule has 6 heteroatoms. The van der Waals surface area contributed by atoms with Crippen LogP contribution in [0.1, 0.15) is 10.6 Å². The number of carbonyl (C=O) groups excluding carboxylic acids is 1. The molecule has 1 heterocycles. The lowest BCUT2D eigenvalue weighted by Gasteiger charge is -2.06. The molecule has 18 heavy (non-hydrogen) atoms. The molecule has 0 saturated heterocycles. The molecule has 0 aliphatic rings. The Morgan fingerprint density at radius 3 is 2.72 bits per heavy atom. The quantitative estimate of drug-likeness (QED) is 0.784. The molecule has 0 bridgehead atoms. The highest BCUT2D eigenvalue weighted by Crippen LogP contribution is 2.27. The van der Waals surface area contributed by atoms with E-state index in [1.807, 2.05) is 0 Å². The van der Waals surface area contributed by atoms with Gasteiger partial charge in [-0.2, -0.15) is 0 Å². The lowest BCUT2D eigenvalue weighted by atomic mass is 10.1. The van der Waals surface area contributed by atoms with E-state index >= 15 is 0 Å². The topological polar surface area (TPSA) is 52.1 Å². The molecule has 0 saturated carbocycles. The highest BCUT2D eigenvalue weighted by atomic mass is 19.1. The fraction of sp³-hybridized carbons (Fsp3) is 0.0833. The zero-order valence-electron chi connectivity index (χ0n) is 9.35. The SMILES string of the molecule is COc1cc(F)c(-c2ccnc(C=O)n2)cc1F. The van der Waals surface area contributed by atoms with Crippen LogP contribution in [0.15, 0.2) is 24.4 Å². The van der Waals surface area contributed by atoms with E-state index in [0.717, 1.165) is 12.1 Å². The number of benzene rings is 1. The van der Waals surface area contributed by atoms with Crippen molar-refractivity contribution in [3.63, 3.8) is 0 Å². The van der Waals surface area contributed by atoms with E-state index in [1.54, 1.807) is 0 Å². The van der Waals surface area contributed by atoms with Gasteiger partial charge in [-0.25, -0.2) is 18.7 Å². The van der Waals surface area contributed by atoms with Gasteiger partial charge in [0.05, 0.1) is 12.8 Å². The number of ether oxygens (including phenoxy) is 1. The summed E-state index contributed by atoms with van der Waals surface area (Å²) < 4.78 is 31.9. The van der Waals surface area contributed by atoms with Crippen molar-refractivity contribution in [2.24, 2.45) is 0 Å². The Hall–Kier alpha value is -2.37. The van der Waals surface area contributed by atoms with Gasteiger partial charge in [0.25, 0.3) is 0 Å². The van der Waals surface area contributed by atoms with Crippen molar-refractivity contribution in [1.29, 1.82) is 0 Å². The largest absolute Gasteiger partial charge is 0.494 e. The first-order valence-corrected chi connectivity index (χ1v) is 4.97. The summed E-state index contributed by atoms with van der Waals surface area (Å²) in [4.78, 5) is 18.0. The molecule has 0 aliphatic carbocycles. The summed E-state index contributed by atoms with van der Waals surface area (Å²) >= 11 is 0. The number of hydrogen-bond donors (Lipinski definition) is 0. The van der Waals surface area contributed by atoms with E-state index in [4.69, 9.17) is 0 Å². The Morgan fingerprint density at radius 1 is 1.28 bits per heavy atom. The third-order valence-corrected chi connectivity index (χ3v) is 2.30. The molecular weight excluding hydrogens is 242 g/mol. The second-order valence-electron chi connectivity index (χ2n) is 3.38. The average molecular weight is 250 g/mol. The summed E-state index contributed by atoms with van der Waals surface area (Å²) in [6.07, 6.45) is 1.73. The molecule has 2 aromatic rings. The van der Waals surface area contributed by atoms with Crippen LogP contribution in [0.2, 0.25) is 0 Å². The van der Waals surface area contributed by atoms with Crippen molar-refractivity contribution in [2.75, 3.05) is 7.11 Å². The van der Waals surface area contributed by atoms with Crippen LogP contribution in [-0.4, -0.2) is 23.4 Å². The highest BCUT2D eigenvalue weighted by Gasteiger charge is 2.13. The first-order valence-electron chi connectivity index (χ1n) is 4.97. The first kappa shape index (κ1) is 12.1. The number of aromatic nitrogens is 2. The third kappa shape index (κ3) is 2.17. The fourth-order valence-electron chi connectivity index (χ4n) is 1.46. The fourth-order valence-corrected chi connectivity index (χ4v) is 1.46. The van der Waals surface area contributed by atoms with Gasteiger partial charge in [-0.1, -0.05) is 0 Å². The zero-order chi connectivity index (χ0) is 13.1. The van der Waals surface area contributed by atoms with Crippen molar-refractivity contribution in [3.8, 4) is 17.0 Å². The maximum Gasteiger partial charge on any atom is 0.193 e. The van der Waals surface area contributed by atoms with Crippen LogP contribution in [0.3, 0.4) is 0 Å². The number of aldehydes is 1. The molecular formula is C12H8F2N2O2. The number of hydrogen-bond acceptors (Lipinski definition) is 4. The predicted octanol–water partition coefficient (Wildman–Crippen LogP) is 2.24. The van der Waals surface area contributed by atoms with Gasteiger partial charge in [-0.15, -0.1) is 0 Å². The van der Waals surface area contributed by atoms with Crippen molar-refractivity contribution >= 4 is 6.29 Å². The van der Waals surface area contributed by atoms with E-state index in [-0.39, 0.29) is 22.8 Å². The van der Waals surface area contributed by atoms with Gasteiger partial charge in [0.2, 0.25) is 0 Å². The summed E-state index contributed by atoms with van der Waals surface area (Å²) in [7, 11) is 1.24. The van der Waals surface area contributed by atoms with Crippen molar-refractivity contribution in [1.82, 2.24) is 9.97 Å². The number of rotatable bonds is 3. The highest BCUT2D eigenvalue weighted by molar-refractivity contribution is 5.71. The van der Waals surface area contributed by atoms with Crippen LogP contribution in [-0.2, 0) is 0 Å². The van der Waals surface area contributed by atoms with Crippen molar-refractivity contribution in [3.05, 3.63) is 41.9 Å². The van der Waals surface area contributed by atoms with Gasteiger partial charge in [0.1, 0.15) is 5.82 Å². The first-order chi connectivity index (χ1) is 8.65. The summed E-state index contributed by atoms with van der Waals surface area (Å²) in [5.41, 5.74) is 0.0740. The van der Waals surface area contributed by atoms with E-state index < -0.39 is 11.6 Å². The minimum Gasteiger partial charge on any atom is -0.494 e. The standard InChI is InChI=1S/C12H8F2N2O2/c1-18-11-5-8(13)7(4-9(11)14)10-2-3-15-12(6-17)16-10/h2-6H,1H3. The van der Waals surface area contributed by atoms with E-state index in [0.29, 0.717) is 6.29 Å². The van der Waals surface area contributed by atoms with Crippen LogP contribution in [0.25, 0.3) is 11.3 Å². The molecule has 0 radical (unpaired) electrons. The maximum atomic E-state index is 13.7. The van der Waals surface area contributed by atoms with Crippen LogP contribution >= 0.6 is 0 Å². The Morgan fingerprint density at radius 2 is 2.06 bits per heavy atom. The Balaban J connectivity index is 2.56. The minimum absolute atomic E-state index is 0.0567. The molecule has 4 nitrogen and oxygen atoms in total. The van der Waals surface area contributed by atoms with Gasteiger partial charge in [0.15, 0.2) is 23.7 Å². The molecule has 0 atom stereocenters. The molecule has 0 amide bonds. The van der Waals surface area contributed by atoms with Crippen LogP contribution in [0, 0.1) is 11.6 Å². The molecule has 0 fully saturated rings. The van der Waals surface area contributed by atoms with Crippen molar-refractivity contribution < 1.29 is 18.3 Å². The monoisotopic (exact) mass is 250 g/mol. The molecule has 2 rings (SSSR count). The van der Waals surface area contributed by atoms with E-state index in [2.05, 4.69) is 14.7 Å². The number of carbonyl (C=O) groups is 1. The van der Waals surface area contributed by atoms with Gasteiger partial charge < -0.3 is 4.74 Å². The zero-order valence-corrected chi connectivity index (χ0v) is 9.35. The van der Waals surface area contributed by atoms with Gasteiger partial charge >= 0.3 is 0 Å². The summed E-state index contributed by atoms with van der Waals surface area (Å²) in [5, 5.41) is 0. The minimum atomic E-state index is -0.708. The van der Waals surface area contributed by atoms with Crippen LogP contribution in [0.5, 0.6) is 5.75 Å². The molecule has 92 valence electrons. The molecule has 0 N–H and O–H groups in total. The van der Waals surface area contributed by atoms with Gasteiger partial charge in [0, 0.05) is 17.8 Å². The summed E-state index contributed by atoms with van der Waals surface area (Å²) in [6, 6.07) is 3.27. The second-order valence-corrected chi connectivity index (χ2v) is 3.38. The Kier molecular flexibility index (Phi) is 3.27. The number of halogens is 2. The number of methoxy groups -OCH3 is 1. The van der Waals surface area contributed by atoms with Gasteiger partial charge in [-0.05, 0) is 12.1 Å². The maximum absolute atomic E-state index is 13.7. The van der Waals surface area contributed by atoms with E-state index in [1.165, 1.54) is 19.4 Å². The molecule has 0 aliphatic heterocycles.